The molecule has 0 spiro atoms. The Labute approximate surface area is 91.9 Å². The summed E-state index contributed by atoms with van der Waals surface area (Å²) in [5, 5.41) is 3.15. The highest BCUT2D eigenvalue weighted by Gasteiger charge is 2.07. The largest absolute Gasteiger partial charge is 0.486 e. The van der Waals surface area contributed by atoms with Gasteiger partial charge >= 0.3 is 0 Å². The SMILES string of the molecule is CCNC[C@@H](C)Oc1cc(C)ccc1F.[HH]. The van der Waals surface area contributed by atoms with Gasteiger partial charge in [0.25, 0.3) is 0 Å². The van der Waals surface area contributed by atoms with Gasteiger partial charge in [0, 0.05) is 7.97 Å². The molecule has 1 N–H and O–H groups in total. The molecule has 0 aliphatic heterocycles. The fourth-order valence-corrected chi connectivity index (χ4v) is 1.31. The molecule has 1 rings (SSSR count). The molecule has 1 atom stereocenters. The smallest absolute Gasteiger partial charge is 0.165 e. The van der Waals surface area contributed by atoms with E-state index in [1.165, 1.54) is 6.07 Å². The van der Waals surface area contributed by atoms with Crippen molar-refractivity contribution in [3.8, 4) is 5.75 Å². The first-order chi connectivity index (χ1) is 7.13. The van der Waals surface area contributed by atoms with Gasteiger partial charge in [-0.3, -0.25) is 0 Å². The minimum absolute atomic E-state index is 0. The van der Waals surface area contributed by atoms with Crippen molar-refractivity contribution in [1.82, 2.24) is 5.32 Å². The molecule has 3 heteroatoms. The lowest BCUT2D eigenvalue weighted by atomic mass is 10.2. The lowest BCUT2D eigenvalue weighted by Gasteiger charge is -2.15. The highest BCUT2D eigenvalue weighted by atomic mass is 19.1. The van der Waals surface area contributed by atoms with Gasteiger partial charge in [-0.15, -0.1) is 0 Å². The maximum Gasteiger partial charge on any atom is 0.165 e. The van der Waals surface area contributed by atoms with E-state index in [-0.39, 0.29) is 13.3 Å². The van der Waals surface area contributed by atoms with Crippen molar-refractivity contribution >= 4 is 0 Å². The second-order valence-electron chi connectivity index (χ2n) is 3.67. The Bertz CT molecular complexity index is 320. The van der Waals surface area contributed by atoms with Crippen LogP contribution in [-0.2, 0) is 0 Å². The van der Waals surface area contributed by atoms with Crippen molar-refractivity contribution in [3.05, 3.63) is 29.6 Å². The Morgan fingerprint density at radius 2 is 2.27 bits per heavy atom. The summed E-state index contributed by atoms with van der Waals surface area (Å²) in [6.45, 7) is 7.49. The van der Waals surface area contributed by atoms with Crippen molar-refractivity contribution in [3.63, 3.8) is 0 Å². The zero-order valence-electron chi connectivity index (χ0n) is 9.51. The third-order valence-corrected chi connectivity index (χ3v) is 2.10. The van der Waals surface area contributed by atoms with Gasteiger partial charge in [0.2, 0.25) is 0 Å². The normalized spacial score (nSPS) is 12.5. The Morgan fingerprint density at radius 3 is 2.93 bits per heavy atom. The monoisotopic (exact) mass is 213 g/mol. The predicted molar refractivity (Wildman–Crippen MR) is 61.9 cm³/mol. The van der Waals surface area contributed by atoms with Crippen molar-refractivity contribution < 1.29 is 10.6 Å². The van der Waals surface area contributed by atoms with Crippen molar-refractivity contribution in [2.45, 2.75) is 26.9 Å². The number of ether oxygens (including phenoxy) is 1. The summed E-state index contributed by atoms with van der Waals surface area (Å²) in [7, 11) is 0. The van der Waals surface area contributed by atoms with E-state index < -0.39 is 0 Å². The van der Waals surface area contributed by atoms with E-state index in [9.17, 15) is 4.39 Å². The summed E-state index contributed by atoms with van der Waals surface area (Å²) < 4.78 is 18.8. The number of likely N-dealkylation sites (N-methyl/N-ethyl adjacent to an activating group) is 1. The predicted octanol–water partition coefficient (Wildman–Crippen LogP) is 2.76. The van der Waals surface area contributed by atoms with Gasteiger partial charge in [-0.05, 0) is 38.1 Å². The topological polar surface area (TPSA) is 21.3 Å². The molecular weight excluding hydrogens is 193 g/mol. The first kappa shape index (κ1) is 12.0. The Morgan fingerprint density at radius 1 is 1.53 bits per heavy atom. The van der Waals surface area contributed by atoms with Crippen LogP contribution < -0.4 is 10.1 Å². The Balaban J connectivity index is 0.00000225. The average Bonchev–Trinajstić information content (AvgIpc) is 2.20. The van der Waals surface area contributed by atoms with Crippen LogP contribution >= 0.6 is 0 Å². The van der Waals surface area contributed by atoms with E-state index >= 15 is 0 Å². The van der Waals surface area contributed by atoms with E-state index in [0.717, 1.165) is 18.7 Å². The van der Waals surface area contributed by atoms with Crippen LogP contribution in [0.25, 0.3) is 0 Å². The number of nitrogens with one attached hydrogen (secondary N) is 1. The van der Waals surface area contributed by atoms with Gasteiger partial charge in [0.1, 0.15) is 6.10 Å². The van der Waals surface area contributed by atoms with Crippen LogP contribution in [0.3, 0.4) is 0 Å². The standard InChI is InChI=1S/C12H18FNO.H2/c1-4-14-8-10(3)15-12-7-9(2)5-6-11(12)13;/h5-7,10,14H,4,8H2,1-3H3;1H/t10-;/m1./s1. The second-order valence-corrected chi connectivity index (χ2v) is 3.67. The third-order valence-electron chi connectivity index (χ3n) is 2.10. The summed E-state index contributed by atoms with van der Waals surface area (Å²) in [6, 6.07) is 4.89. The molecular formula is C12H20FNO. The van der Waals surface area contributed by atoms with Gasteiger partial charge in [-0.25, -0.2) is 4.39 Å². The Kier molecular flexibility index (Phi) is 4.56. The van der Waals surface area contributed by atoms with Crippen molar-refractivity contribution in [2.75, 3.05) is 13.1 Å². The van der Waals surface area contributed by atoms with Crippen LogP contribution in [0, 0.1) is 12.7 Å². The van der Waals surface area contributed by atoms with Gasteiger partial charge in [0.05, 0.1) is 0 Å². The van der Waals surface area contributed by atoms with Crippen LogP contribution in [0.15, 0.2) is 18.2 Å². The molecule has 0 aliphatic carbocycles. The maximum absolute atomic E-state index is 13.3. The molecule has 1 aromatic rings. The molecule has 0 aliphatic rings. The van der Waals surface area contributed by atoms with Crippen LogP contribution in [0.2, 0.25) is 0 Å². The molecule has 0 unspecified atom stereocenters. The fourth-order valence-electron chi connectivity index (χ4n) is 1.31. The molecule has 0 saturated heterocycles. The molecule has 0 fully saturated rings. The van der Waals surface area contributed by atoms with Crippen molar-refractivity contribution in [2.24, 2.45) is 0 Å². The molecule has 0 heterocycles. The molecule has 0 aromatic heterocycles. The minimum atomic E-state index is -0.302. The molecule has 0 radical (unpaired) electrons. The van der Waals surface area contributed by atoms with Crippen molar-refractivity contribution in [1.29, 1.82) is 0 Å². The molecule has 15 heavy (non-hydrogen) atoms. The zero-order chi connectivity index (χ0) is 11.3. The highest BCUT2D eigenvalue weighted by Crippen LogP contribution is 2.19. The first-order valence-corrected chi connectivity index (χ1v) is 5.27. The molecule has 0 bridgehead atoms. The number of aryl methyl sites for hydroxylation is 1. The van der Waals surface area contributed by atoms with E-state index in [1.807, 2.05) is 20.8 Å². The van der Waals surface area contributed by atoms with Gasteiger partial charge in [0.15, 0.2) is 11.6 Å². The van der Waals surface area contributed by atoms with Gasteiger partial charge in [-0.1, -0.05) is 13.0 Å². The quantitative estimate of drug-likeness (QED) is 0.812. The van der Waals surface area contributed by atoms with E-state index in [1.54, 1.807) is 12.1 Å². The van der Waals surface area contributed by atoms with Crippen LogP contribution in [0.4, 0.5) is 4.39 Å². The first-order valence-electron chi connectivity index (χ1n) is 5.27. The average molecular weight is 213 g/mol. The number of hydrogen-bond donors (Lipinski definition) is 1. The maximum atomic E-state index is 13.3. The molecule has 86 valence electrons. The molecule has 1 aromatic carbocycles. The molecule has 0 amide bonds. The van der Waals surface area contributed by atoms with Crippen LogP contribution in [-0.4, -0.2) is 19.2 Å². The summed E-state index contributed by atoms with van der Waals surface area (Å²) in [4.78, 5) is 0. The number of hydrogen-bond acceptors (Lipinski definition) is 2. The number of halogens is 1. The fraction of sp³-hybridized carbons (Fsp3) is 0.500. The summed E-state index contributed by atoms with van der Waals surface area (Å²) in [5.41, 5.74) is 1.00. The number of rotatable bonds is 5. The van der Waals surface area contributed by atoms with Crippen LogP contribution in [0.1, 0.15) is 20.8 Å². The number of benzene rings is 1. The van der Waals surface area contributed by atoms with Gasteiger partial charge < -0.3 is 10.1 Å². The summed E-state index contributed by atoms with van der Waals surface area (Å²) in [5.74, 6) is 0.0318. The summed E-state index contributed by atoms with van der Waals surface area (Å²) >= 11 is 0. The summed E-state index contributed by atoms with van der Waals surface area (Å²) in [6.07, 6.45) is -0.0266. The zero-order valence-corrected chi connectivity index (χ0v) is 9.51. The lowest BCUT2D eigenvalue weighted by Crippen LogP contribution is -2.28. The molecule has 2 nitrogen and oxygen atoms in total. The van der Waals surface area contributed by atoms with E-state index in [0.29, 0.717) is 5.75 Å². The molecule has 0 saturated carbocycles. The van der Waals surface area contributed by atoms with Gasteiger partial charge in [-0.2, -0.15) is 0 Å². The third kappa shape index (κ3) is 3.88. The van der Waals surface area contributed by atoms with E-state index in [2.05, 4.69) is 5.32 Å². The second kappa shape index (κ2) is 5.71. The van der Waals surface area contributed by atoms with E-state index in [4.69, 9.17) is 4.74 Å². The minimum Gasteiger partial charge on any atom is -0.486 e. The van der Waals surface area contributed by atoms with Crippen LogP contribution in [0.5, 0.6) is 5.75 Å². The lowest BCUT2D eigenvalue weighted by molar-refractivity contribution is 0.208. The highest BCUT2D eigenvalue weighted by molar-refractivity contribution is 5.29. The Hall–Kier alpha value is -1.09.